The van der Waals surface area contributed by atoms with E-state index in [0.29, 0.717) is 12.0 Å². The van der Waals surface area contributed by atoms with Crippen molar-refractivity contribution in [1.82, 2.24) is 4.90 Å². The Labute approximate surface area is 92.1 Å². The molecule has 0 aliphatic carbocycles. The summed E-state index contributed by atoms with van der Waals surface area (Å²) in [5, 5.41) is 0. The number of hydrogen-bond donors (Lipinski definition) is 1. The molecule has 1 aliphatic heterocycles. The maximum absolute atomic E-state index is 5.87. The molecule has 2 rings (SSSR count). The molecule has 0 saturated carbocycles. The van der Waals surface area contributed by atoms with Crippen molar-refractivity contribution in [3.63, 3.8) is 0 Å². The van der Waals surface area contributed by atoms with Gasteiger partial charge in [-0.15, -0.1) is 0 Å². The number of likely N-dealkylation sites (tertiary alicyclic amines) is 1. The van der Waals surface area contributed by atoms with Gasteiger partial charge in [0.05, 0.1) is 0 Å². The molecule has 0 radical (unpaired) electrons. The Morgan fingerprint density at radius 2 is 2.07 bits per heavy atom. The molecule has 1 saturated heterocycles. The summed E-state index contributed by atoms with van der Waals surface area (Å²) in [6, 6.07) is 11.3. The Kier molecular flexibility index (Phi) is 3.39. The highest BCUT2D eigenvalue weighted by atomic mass is 15.1. The van der Waals surface area contributed by atoms with Crippen molar-refractivity contribution < 1.29 is 0 Å². The second kappa shape index (κ2) is 4.77. The molecule has 2 N–H and O–H groups in total. The quantitative estimate of drug-likeness (QED) is 0.798. The van der Waals surface area contributed by atoms with Crippen molar-refractivity contribution in [2.45, 2.75) is 18.9 Å². The van der Waals surface area contributed by atoms with Crippen molar-refractivity contribution in [2.24, 2.45) is 11.7 Å². The van der Waals surface area contributed by atoms with E-state index in [4.69, 9.17) is 5.73 Å². The minimum Gasteiger partial charge on any atom is -0.330 e. The zero-order chi connectivity index (χ0) is 10.7. The lowest BCUT2D eigenvalue weighted by Gasteiger charge is -2.39. The van der Waals surface area contributed by atoms with Crippen LogP contribution in [0.3, 0.4) is 0 Å². The lowest BCUT2D eigenvalue weighted by molar-refractivity contribution is 0.125. The van der Waals surface area contributed by atoms with E-state index in [0.717, 1.165) is 6.54 Å². The van der Waals surface area contributed by atoms with Crippen LogP contribution in [-0.2, 0) is 0 Å². The first-order valence-electron chi connectivity index (χ1n) is 5.78. The molecule has 1 aliphatic rings. The SMILES string of the molecule is CN1CCCC(CN)C1c1ccccc1. The summed E-state index contributed by atoms with van der Waals surface area (Å²) >= 11 is 0. The zero-order valence-electron chi connectivity index (χ0n) is 9.39. The Bertz CT molecular complexity index is 297. The Balaban J connectivity index is 2.23. The van der Waals surface area contributed by atoms with Crippen LogP contribution >= 0.6 is 0 Å². The van der Waals surface area contributed by atoms with Crippen LogP contribution in [0.15, 0.2) is 30.3 Å². The molecule has 0 spiro atoms. The molecule has 2 nitrogen and oxygen atoms in total. The predicted octanol–water partition coefficient (Wildman–Crippen LogP) is 2.03. The van der Waals surface area contributed by atoms with E-state index in [1.165, 1.54) is 24.9 Å². The van der Waals surface area contributed by atoms with Gasteiger partial charge in [0.2, 0.25) is 0 Å². The van der Waals surface area contributed by atoms with Crippen molar-refractivity contribution >= 4 is 0 Å². The molecule has 2 heteroatoms. The molecule has 15 heavy (non-hydrogen) atoms. The molecule has 1 aromatic carbocycles. The molecular weight excluding hydrogens is 184 g/mol. The average molecular weight is 204 g/mol. The summed E-state index contributed by atoms with van der Waals surface area (Å²) in [6.07, 6.45) is 2.54. The summed E-state index contributed by atoms with van der Waals surface area (Å²) in [6.45, 7) is 1.99. The minimum absolute atomic E-state index is 0.518. The molecule has 1 aromatic rings. The van der Waals surface area contributed by atoms with Crippen LogP contribution in [0.25, 0.3) is 0 Å². The topological polar surface area (TPSA) is 29.3 Å². The van der Waals surface area contributed by atoms with E-state index in [2.05, 4.69) is 42.3 Å². The third-order valence-corrected chi connectivity index (χ3v) is 3.45. The van der Waals surface area contributed by atoms with E-state index in [9.17, 15) is 0 Å². The molecule has 0 amide bonds. The Morgan fingerprint density at radius 1 is 1.33 bits per heavy atom. The highest BCUT2D eigenvalue weighted by Gasteiger charge is 2.28. The second-order valence-electron chi connectivity index (χ2n) is 4.47. The van der Waals surface area contributed by atoms with Crippen molar-refractivity contribution in [2.75, 3.05) is 20.1 Å². The number of benzene rings is 1. The fourth-order valence-corrected chi connectivity index (χ4v) is 2.68. The minimum atomic E-state index is 0.518. The van der Waals surface area contributed by atoms with Gasteiger partial charge in [0.25, 0.3) is 0 Å². The maximum atomic E-state index is 5.87. The normalized spacial score (nSPS) is 27.9. The van der Waals surface area contributed by atoms with Crippen LogP contribution in [-0.4, -0.2) is 25.0 Å². The Hall–Kier alpha value is -0.860. The van der Waals surface area contributed by atoms with Crippen molar-refractivity contribution in [3.8, 4) is 0 Å². The summed E-state index contributed by atoms with van der Waals surface area (Å²) in [5.74, 6) is 0.617. The van der Waals surface area contributed by atoms with Gasteiger partial charge in [0.15, 0.2) is 0 Å². The fourth-order valence-electron chi connectivity index (χ4n) is 2.68. The lowest BCUT2D eigenvalue weighted by atomic mass is 9.85. The highest BCUT2D eigenvalue weighted by molar-refractivity contribution is 5.20. The molecule has 0 bridgehead atoms. The molecule has 2 atom stereocenters. The van der Waals surface area contributed by atoms with Crippen LogP contribution in [0.2, 0.25) is 0 Å². The van der Waals surface area contributed by atoms with E-state index >= 15 is 0 Å². The lowest BCUT2D eigenvalue weighted by Crippen LogP contribution is -2.39. The monoisotopic (exact) mass is 204 g/mol. The van der Waals surface area contributed by atoms with Crippen molar-refractivity contribution in [3.05, 3.63) is 35.9 Å². The summed E-state index contributed by atoms with van der Waals surface area (Å²) < 4.78 is 0. The zero-order valence-corrected chi connectivity index (χ0v) is 9.39. The first kappa shape index (κ1) is 10.7. The van der Waals surface area contributed by atoms with Gasteiger partial charge in [-0.25, -0.2) is 0 Å². The van der Waals surface area contributed by atoms with Gasteiger partial charge in [0.1, 0.15) is 0 Å². The van der Waals surface area contributed by atoms with E-state index in [-0.39, 0.29) is 0 Å². The standard InChI is InChI=1S/C13H20N2/c1-15-9-5-8-12(10-14)13(15)11-6-3-2-4-7-11/h2-4,6-7,12-13H,5,8-10,14H2,1H3. The average Bonchev–Trinajstić information content (AvgIpc) is 2.29. The van der Waals surface area contributed by atoms with Gasteiger partial charge < -0.3 is 5.73 Å². The van der Waals surface area contributed by atoms with Gasteiger partial charge in [-0.05, 0) is 44.5 Å². The largest absolute Gasteiger partial charge is 0.330 e. The third-order valence-electron chi connectivity index (χ3n) is 3.45. The van der Waals surface area contributed by atoms with Crippen LogP contribution in [0, 0.1) is 5.92 Å². The van der Waals surface area contributed by atoms with Gasteiger partial charge in [-0.2, -0.15) is 0 Å². The second-order valence-corrected chi connectivity index (χ2v) is 4.47. The van der Waals surface area contributed by atoms with Crippen LogP contribution in [0.4, 0.5) is 0 Å². The fraction of sp³-hybridized carbons (Fsp3) is 0.538. The summed E-state index contributed by atoms with van der Waals surface area (Å²) in [5.41, 5.74) is 7.28. The van der Waals surface area contributed by atoms with Crippen LogP contribution < -0.4 is 5.73 Å². The number of hydrogen-bond acceptors (Lipinski definition) is 2. The van der Waals surface area contributed by atoms with Gasteiger partial charge in [0, 0.05) is 6.04 Å². The summed E-state index contributed by atoms with van der Waals surface area (Å²) in [4.78, 5) is 2.44. The highest BCUT2D eigenvalue weighted by Crippen LogP contribution is 2.33. The van der Waals surface area contributed by atoms with E-state index in [1.54, 1.807) is 0 Å². The number of piperidine rings is 1. The molecule has 82 valence electrons. The molecular formula is C13H20N2. The molecule has 1 heterocycles. The van der Waals surface area contributed by atoms with Gasteiger partial charge >= 0.3 is 0 Å². The smallest absolute Gasteiger partial charge is 0.0385 e. The first-order chi connectivity index (χ1) is 7.33. The first-order valence-corrected chi connectivity index (χ1v) is 5.78. The number of nitrogens with two attached hydrogens (primary N) is 1. The molecule has 2 unspecified atom stereocenters. The molecule has 0 aromatic heterocycles. The summed E-state index contributed by atoms with van der Waals surface area (Å²) in [7, 11) is 2.21. The van der Waals surface area contributed by atoms with Gasteiger partial charge in [-0.1, -0.05) is 30.3 Å². The van der Waals surface area contributed by atoms with Gasteiger partial charge in [-0.3, -0.25) is 4.90 Å². The van der Waals surface area contributed by atoms with Crippen LogP contribution in [0.1, 0.15) is 24.4 Å². The maximum Gasteiger partial charge on any atom is 0.0385 e. The Morgan fingerprint density at radius 3 is 2.73 bits per heavy atom. The molecule has 1 fully saturated rings. The number of nitrogens with zero attached hydrogens (tertiary/aromatic N) is 1. The third kappa shape index (κ3) is 2.21. The predicted molar refractivity (Wildman–Crippen MR) is 63.6 cm³/mol. The van der Waals surface area contributed by atoms with E-state index in [1.807, 2.05) is 0 Å². The van der Waals surface area contributed by atoms with E-state index < -0.39 is 0 Å². The van der Waals surface area contributed by atoms with Crippen LogP contribution in [0.5, 0.6) is 0 Å². The number of rotatable bonds is 2. The van der Waals surface area contributed by atoms with Crippen molar-refractivity contribution in [1.29, 1.82) is 0 Å².